The lowest BCUT2D eigenvalue weighted by molar-refractivity contribution is 0.315. The summed E-state index contributed by atoms with van der Waals surface area (Å²) in [5, 5.41) is 2.34. The van der Waals surface area contributed by atoms with E-state index in [9.17, 15) is 0 Å². The molecule has 3 aromatic rings. The minimum atomic E-state index is 0.252. The Morgan fingerprint density at radius 3 is 1.70 bits per heavy atom. The van der Waals surface area contributed by atoms with Crippen molar-refractivity contribution in [2.45, 2.75) is 38.8 Å². The number of rotatable bonds is 4. The highest BCUT2D eigenvalue weighted by Crippen LogP contribution is 2.32. The molecule has 5 heteroatoms. The number of hydrogen-bond acceptors (Lipinski definition) is 4. The monoisotopic (exact) mass is 361 g/mol. The lowest BCUT2D eigenvalue weighted by atomic mass is 10.1. The summed E-state index contributed by atoms with van der Waals surface area (Å²) in [6, 6.07) is 13.1. The molecule has 2 atom stereocenters. The number of aromatic amines is 1. The van der Waals surface area contributed by atoms with Gasteiger partial charge in [-0.3, -0.25) is 0 Å². The lowest BCUT2D eigenvalue weighted by Gasteiger charge is -2.03. The second kappa shape index (κ2) is 6.41. The number of nitrogens with zero attached hydrogens (tertiary/aromatic N) is 2. The standard InChI is InChI=1S/C22H23N3O2/c1-3-13-11-26-21(23-13)17-9-5-7-15-16-8-6-10-18(20(16)25-19(15)17)22-24-14(4-2)12-27-22/h5-10,13-14,25H,3-4,11-12H2,1-2H3/t13-,14-/m0/s1. The zero-order chi connectivity index (χ0) is 18.4. The molecule has 0 saturated heterocycles. The SMILES string of the molecule is CC[C@H]1COC(c2cccc3c2[nH]c2c(C4=N[C@@H](CC)CO4)cccc23)=N1. The lowest BCUT2D eigenvalue weighted by Crippen LogP contribution is -2.04. The first-order valence-corrected chi connectivity index (χ1v) is 9.73. The molecular formula is C22H23N3O2. The molecule has 5 nitrogen and oxygen atoms in total. The van der Waals surface area contributed by atoms with E-state index in [4.69, 9.17) is 19.5 Å². The van der Waals surface area contributed by atoms with Crippen LogP contribution in [0.1, 0.15) is 37.8 Å². The van der Waals surface area contributed by atoms with Crippen molar-refractivity contribution < 1.29 is 9.47 Å². The molecule has 0 unspecified atom stereocenters. The van der Waals surface area contributed by atoms with E-state index in [2.05, 4.69) is 55.2 Å². The summed E-state index contributed by atoms with van der Waals surface area (Å²) in [4.78, 5) is 13.1. The zero-order valence-corrected chi connectivity index (χ0v) is 15.7. The van der Waals surface area contributed by atoms with Gasteiger partial charge in [0.05, 0.1) is 34.2 Å². The van der Waals surface area contributed by atoms with Gasteiger partial charge < -0.3 is 14.5 Å². The van der Waals surface area contributed by atoms with E-state index in [1.807, 2.05) is 0 Å². The molecule has 5 rings (SSSR count). The fourth-order valence-corrected chi connectivity index (χ4v) is 3.85. The van der Waals surface area contributed by atoms with Crippen molar-refractivity contribution in [1.82, 2.24) is 4.98 Å². The number of aromatic nitrogens is 1. The number of fused-ring (bicyclic) bond motifs is 3. The molecule has 0 radical (unpaired) electrons. The predicted molar refractivity (Wildman–Crippen MR) is 109 cm³/mol. The third kappa shape index (κ3) is 2.60. The van der Waals surface area contributed by atoms with Crippen LogP contribution in [0.4, 0.5) is 0 Å². The molecule has 1 aromatic heterocycles. The first kappa shape index (κ1) is 16.4. The molecule has 0 amide bonds. The Kier molecular flexibility index (Phi) is 3.88. The maximum absolute atomic E-state index is 5.89. The third-order valence-electron chi connectivity index (χ3n) is 5.50. The smallest absolute Gasteiger partial charge is 0.218 e. The molecule has 27 heavy (non-hydrogen) atoms. The van der Waals surface area contributed by atoms with Crippen LogP contribution >= 0.6 is 0 Å². The number of benzene rings is 2. The van der Waals surface area contributed by atoms with Crippen molar-refractivity contribution in [2.24, 2.45) is 9.98 Å². The predicted octanol–water partition coefficient (Wildman–Crippen LogP) is 4.43. The molecule has 3 heterocycles. The summed E-state index contributed by atoms with van der Waals surface area (Å²) in [5.74, 6) is 1.47. The second-order valence-corrected chi connectivity index (χ2v) is 7.20. The average molecular weight is 361 g/mol. The van der Waals surface area contributed by atoms with E-state index in [0.29, 0.717) is 13.2 Å². The minimum absolute atomic E-state index is 0.252. The van der Waals surface area contributed by atoms with Gasteiger partial charge in [-0.05, 0) is 25.0 Å². The maximum atomic E-state index is 5.89. The van der Waals surface area contributed by atoms with Crippen LogP contribution in [-0.4, -0.2) is 42.1 Å². The molecule has 0 fully saturated rings. The Labute approximate surface area is 158 Å². The zero-order valence-electron chi connectivity index (χ0n) is 15.7. The molecule has 1 N–H and O–H groups in total. The van der Waals surface area contributed by atoms with Gasteiger partial charge in [-0.2, -0.15) is 0 Å². The van der Waals surface area contributed by atoms with E-state index in [1.54, 1.807) is 0 Å². The van der Waals surface area contributed by atoms with E-state index < -0.39 is 0 Å². The quantitative estimate of drug-likeness (QED) is 0.747. The van der Waals surface area contributed by atoms with Crippen molar-refractivity contribution in [2.75, 3.05) is 13.2 Å². The van der Waals surface area contributed by atoms with Gasteiger partial charge in [0.1, 0.15) is 13.2 Å². The van der Waals surface area contributed by atoms with Crippen molar-refractivity contribution in [3.05, 3.63) is 47.5 Å². The van der Waals surface area contributed by atoms with Gasteiger partial charge in [0.2, 0.25) is 11.8 Å². The summed E-state index contributed by atoms with van der Waals surface area (Å²) < 4.78 is 11.8. The number of ether oxygens (including phenoxy) is 2. The normalized spacial score (nSPS) is 22.0. The van der Waals surface area contributed by atoms with Crippen LogP contribution < -0.4 is 0 Å². The fourth-order valence-electron chi connectivity index (χ4n) is 3.85. The Bertz CT molecular complexity index is 996. The van der Waals surface area contributed by atoms with Crippen molar-refractivity contribution >= 4 is 33.6 Å². The number of H-pyrrole nitrogens is 1. The first-order valence-electron chi connectivity index (χ1n) is 9.73. The molecular weight excluding hydrogens is 338 g/mol. The van der Waals surface area contributed by atoms with Gasteiger partial charge in [0, 0.05) is 10.8 Å². The topological polar surface area (TPSA) is 59.0 Å². The van der Waals surface area contributed by atoms with Crippen LogP contribution in [0, 0.1) is 0 Å². The molecule has 0 saturated carbocycles. The summed E-state index contributed by atoms with van der Waals surface area (Å²) >= 11 is 0. The van der Waals surface area contributed by atoms with Gasteiger partial charge in [-0.25, -0.2) is 9.98 Å². The van der Waals surface area contributed by atoms with E-state index in [1.165, 1.54) is 10.8 Å². The summed E-state index contributed by atoms with van der Waals surface area (Å²) in [6.07, 6.45) is 1.98. The maximum Gasteiger partial charge on any atom is 0.218 e. The van der Waals surface area contributed by atoms with Gasteiger partial charge in [-0.15, -0.1) is 0 Å². The van der Waals surface area contributed by atoms with Crippen molar-refractivity contribution in [3.63, 3.8) is 0 Å². The number of aliphatic imine (C=N–C) groups is 2. The van der Waals surface area contributed by atoms with Crippen LogP contribution in [0.5, 0.6) is 0 Å². The molecule has 2 aromatic carbocycles. The molecule has 138 valence electrons. The summed E-state index contributed by atoms with van der Waals surface area (Å²) in [6.45, 7) is 5.61. The Morgan fingerprint density at radius 1 is 0.815 bits per heavy atom. The number of nitrogens with one attached hydrogen (secondary N) is 1. The Morgan fingerprint density at radius 2 is 1.30 bits per heavy atom. The first-order chi connectivity index (χ1) is 13.3. The van der Waals surface area contributed by atoms with Crippen LogP contribution in [0.2, 0.25) is 0 Å². The van der Waals surface area contributed by atoms with Gasteiger partial charge in [0.15, 0.2) is 0 Å². The van der Waals surface area contributed by atoms with Gasteiger partial charge in [0.25, 0.3) is 0 Å². The molecule has 0 bridgehead atoms. The fraction of sp³-hybridized carbons (Fsp3) is 0.364. The van der Waals surface area contributed by atoms with Crippen LogP contribution in [0.3, 0.4) is 0 Å². The number of para-hydroxylation sites is 2. The summed E-state index contributed by atoms with van der Waals surface area (Å²) in [5.41, 5.74) is 4.15. The summed E-state index contributed by atoms with van der Waals surface area (Å²) in [7, 11) is 0. The highest BCUT2D eigenvalue weighted by molar-refractivity contribution is 6.19. The van der Waals surface area contributed by atoms with Crippen molar-refractivity contribution in [3.8, 4) is 0 Å². The molecule has 0 spiro atoms. The molecule has 0 aliphatic carbocycles. The highest BCUT2D eigenvalue weighted by Gasteiger charge is 2.24. The number of hydrogen-bond donors (Lipinski definition) is 1. The van der Waals surface area contributed by atoms with E-state index >= 15 is 0 Å². The van der Waals surface area contributed by atoms with Gasteiger partial charge >= 0.3 is 0 Å². The molecule has 2 aliphatic heterocycles. The van der Waals surface area contributed by atoms with E-state index in [0.717, 1.165) is 46.8 Å². The third-order valence-corrected chi connectivity index (χ3v) is 5.50. The van der Waals surface area contributed by atoms with Crippen LogP contribution in [0.25, 0.3) is 21.8 Å². The Balaban J connectivity index is 1.69. The second-order valence-electron chi connectivity index (χ2n) is 7.20. The highest BCUT2D eigenvalue weighted by atomic mass is 16.5. The largest absolute Gasteiger partial charge is 0.475 e. The van der Waals surface area contributed by atoms with Crippen LogP contribution in [0.15, 0.2) is 46.4 Å². The van der Waals surface area contributed by atoms with Crippen molar-refractivity contribution in [1.29, 1.82) is 0 Å². The Hall–Kier alpha value is -2.82. The molecule has 2 aliphatic rings. The van der Waals surface area contributed by atoms with E-state index in [-0.39, 0.29) is 12.1 Å². The van der Waals surface area contributed by atoms with Gasteiger partial charge in [-0.1, -0.05) is 38.1 Å². The minimum Gasteiger partial charge on any atom is -0.475 e. The van der Waals surface area contributed by atoms with Crippen LogP contribution in [-0.2, 0) is 9.47 Å². The average Bonchev–Trinajstić information content (AvgIpc) is 3.44.